The summed E-state index contributed by atoms with van der Waals surface area (Å²) < 4.78 is 7.30. The van der Waals surface area contributed by atoms with Gasteiger partial charge in [-0.2, -0.15) is 5.10 Å². The average Bonchev–Trinajstić information content (AvgIpc) is 2.56. The molecule has 1 spiro atoms. The largest absolute Gasteiger partial charge is 0.378 e. The fourth-order valence-corrected chi connectivity index (χ4v) is 4.79. The third kappa shape index (κ3) is 2.68. The summed E-state index contributed by atoms with van der Waals surface area (Å²) >= 11 is 6.30. The van der Waals surface area contributed by atoms with Crippen LogP contribution < -0.4 is 10.5 Å². The molecule has 5 nitrogen and oxygen atoms in total. The van der Waals surface area contributed by atoms with Gasteiger partial charge in [0.1, 0.15) is 5.02 Å². The Morgan fingerprint density at radius 1 is 1.43 bits per heavy atom. The van der Waals surface area contributed by atoms with Crippen LogP contribution in [-0.4, -0.2) is 35.6 Å². The number of anilines is 1. The third-order valence-electron chi connectivity index (χ3n) is 5.80. The van der Waals surface area contributed by atoms with Crippen molar-refractivity contribution in [3.63, 3.8) is 0 Å². The maximum Gasteiger partial charge on any atom is 0.287 e. The second-order valence-corrected chi connectivity index (χ2v) is 7.25. The second kappa shape index (κ2) is 6.44. The highest BCUT2D eigenvalue weighted by molar-refractivity contribution is 6.33. The predicted molar refractivity (Wildman–Crippen MR) is 92.2 cm³/mol. The zero-order valence-corrected chi connectivity index (χ0v) is 15.0. The van der Waals surface area contributed by atoms with E-state index in [9.17, 15) is 4.79 Å². The van der Waals surface area contributed by atoms with Crippen LogP contribution in [0.15, 0.2) is 11.0 Å². The van der Waals surface area contributed by atoms with Crippen LogP contribution in [0.3, 0.4) is 0 Å². The Bertz CT molecular complexity index is 625. The van der Waals surface area contributed by atoms with Crippen LogP contribution in [0.5, 0.6) is 0 Å². The molecule has 0 saturated heterocycles. The Morgan fingerprint density at radius 2 is 2.13 bits per heavy atom. The van der Waals surface area contributed by atoms with Crippen LogP contribution in [0.25, 0.3) is 0 Å². The summed E-state index contributed by atoms with van der Waals surface area (Å²) in [6, 6.07) is 0.366. The molecule has 2 saturated carbocycles. The fraction of sp³-hybridized carbons (Fsp3) is 0.765. The fourth-order valence-electron chi connectivity index (χ4n) is 4.49. The van der Waals surface area contributed by atoms with Crippen molar-refractivity contribution in [3.05, 3.63) is 21.6 Å². The molecular formula is C17H26ClN3O2. The van der Waals surface area contributed by atoms with E-state index >= 15 is 0 Å². The Labute approximate surface area is 142 Å². The van der Waals surface area contributed by atoms with Gasteiger partial charge in [0.05, 0.1) is 18.0 Å². The Kier molecular flexibility index (Phi) is 4.70. The summed E-state index contributed by atoms with van der Waals surface area (Å²) in [5, 5.41) is 4.40. The molecule has 0 radical (unpaired) electrons. The molecule has 0 bridgehead atoms. The van der Waals surface area contributed by atoms with Gasteiger partial charge < -0.3 is 9.64 Å². The lowest BCUT2D eigenvalue weighted by Crippen LogP contribution is -2.65. The zero-order chi connectivity index (χ0) is 16.6. The Morgan fingerprint density at radius 3 is 2.78 bits per heavy atom. The summed E-state index contributed by atoms with van der Waals surface area (Å²) in [6.07, 6.45) is 9.26. The van der Waals surface area contributed by atoms with Gasteiger partial charge in [-0.1, -0.05) is 30.9 Å². The molecule has 0 amide bonds. The molecule has 6 heteroatoms. The number of aromatic nitrogens is 2. The number of hydrogen-bond acceptors (Lipinski definition) is 4. The minimum Gasteiger partial charge on any atom is -0.378 e. The number of nitrogens with zero attached hydrogens (tertiary/aromatic N) is 3. The molecule has 23 heavy (non-hydrogen) atoms. The lowest BCUT2D eigenvalue weighted by molar-refractivity contribution is -0.141. The second-order valence-electron chi connectivity index (χ2n) is 6.87. The van der Waals surface area contributed by atoms with Crippen molar-refractivity contribution < 1.29 is 4.74 Å². The zero-order valence-electron chi connectivity index (χ0n) is 14.2. The van der Waals surface area contributed by atoms with Crippen molar-refractivity contribution in [2.45, 2.75) is 57.6 Å². The number of aryl methyl sites for hydroxylation is 1. The quantitative estimate of drug-likeness (QED) is 0.846. The molecule has 1 heterocycles. The highest BCUT2D eigenvalue weighted by atomic mass is 35.5. The Hall–Kier alpha value is -1.07. The highest BCUT2D eigenvalue weighted by Gasteiger charge is 2.57. The normalized spacial score (nSPS) is 26.1. The summed E-state index contributed by atoms with van der Waals surface area (Å²) in [4.78, 5) is 14.2. The average molecular weight is 340 g/mol. The van der Waals surface area contributed by atoms with E-state index in [1.54, 1.807) is 13.2 Å². The molecule has 2 aliphatic carbocycles. The van der Waals surface area contributed by atoms with Gasteiger partial charge in [-0.15, -0.1) is 0 Å². The van der Waals surface area contributed by atoms with Crippen molar-refractivity contribution in [2.24, 2.45) is 12.5 Å². The van der Waals surface area contributed by atoms with Crippen LogP contribution in [0.2, 0.25) is 5.02 Å². The van der Waals surface area contributed by atoms with E-state index in [0.29, 0.717) is 12.1 Å². The maximum atomic E-state index is 12.1. The molecule has 2 atom stereocenters. The lowest BCUT2D eigenvalue weighted by Gasteiger charge is -2.60. The van der Waals surface area contributed by atoms with Crippen molar-refractivity contribution in [2.75, 3.05) is 18.6 Å². The maximum absolute atomic E-state index is 12.1. The van der Waals surface area contributed by atoms with Crippen molar-refractivity contribution in [1.82, 2.24) is 9.78 Å². The van der Waals surface area contributed by atoms with E-state index in [-0.39, 0.29) is 16.0 Å². The Balaban J connectivity index is 1.89. The summed E-state index contributed by atoms with van der Waals surface area (Å²) in [5.41, 5.74) is 0.696. The number of halogens is 1. The van der Waals surface area contributed by atoms with E-state index in [4.69, 9.17) is 16.3 Å². The van der Waals surface area contributed by atoms with Gasteiger partial charge in [-0.05, 0) is 26.2 Å². The molecule has 0 aromatic carbocycles. The first-order valence-corrected chi connectivity index (χ1v) is 8.95. The third-order valence-corrected chi connectivity index (χ3v) is 6.16. The first kappa shape index (κ1) is 16.8. The molecule has 1 aromatic rings. The van der Waals surface area contributed by atoms with E-state index in [1.165, 1.54) is 36.8 Å². The molecule has 2 fully saturated rings. The summed E-state index contributed by atoms with van der Waals surface area (Å²) in [7, 11) is 3.65. The standard InChI is InChI=1S/C17H26ClN3O2/c1-4-23-14-10-13(17(14)8-6-5-7-9-17)20(2)12-11-19-21(3)16(22)15(12)18/h11,13-14H,4-10H2,1-3H3. The minimum absolute atomic E-state index is 0.202. The van der Waals surface area contributed by atoms with Gasteiger partial charge >= 0.3 is 0 Å². The minimum atomic E-state index is -0.241. The van der Waals surface area contributed by atoms with E-state index in [1.807, 2.05) is 7.05 Å². The van der Waals surface area contributed by atoms with E-state index < -0.39 is 0 Å². The first-order valence-electron chi connectivity index (χ1n) is 8.57. The van der Waals surface area contributed by atoms with Crippen LogP contribution in [0, 0.1) is 5.41 Å². The summed E-state index contributed by atoms with van der Waals surface area (Å²) in [6.45, 7) is 2.83. The van der Waals surface area contributed by atoms with Crippen LogP contribution in [0.1, 0.15) is 45.4 Å². The first-order chi connectivity index (χ1) is 11.0. The number of hydrogen-bond donors (Lipinski definition) is 0. The molecular weight excluding hydrogens is 314 g/mol. The molecule has 0 aliphatic heterocycles. The SMILES string of the molecule is CCOC1CC(N(C)c2cnn(C)c(=O)c2Cl)C12CCCCC2. The van der Waals surface area contributed by atoms with Crippen LogP contribution >= 0.6 is 11.6 Å². The number of ether oxygens (including phenoxy) is 1. The molecule has 3 rings (SSSR count). The predicted octanol–water partition coefficient (Wildman–Crippen LogP) is 3.00. The van der Waals surface area contributed by atoms with Crippen LogP contribution in [0.4, 0.5) is 5.69 Å². The van der Waals surface area contributed by atoms with Gasteiger partial charge in [-0.3, -0.25) is 4.79 Å². The molecule has 128 valence electrons. The topological polar surface area (TPSA) is 47.4 Å². The monoisotopic (exact) mass is 339 g/mol. The van der Waals surface area contributed by atoms with Crippen molar-refractivity contribution in [3.8, 4) is 0 Å². The van der Waals surface area contributed by atoms with Gasteiger partial charge in [-0.25, -0.2) is 4.68 Å². The van der Waals surface area contributed by atoms with E-state index in [2.05, 4.69) is 16.9 Å². The molecule has 2 unspecified atom stereocenters. The number of rotatable bonds is 4. The van der Waals surface area contributed by atoms with Gasteiger partial charge in [0.15, 0.2) is 0 Å². The highest BCUT2D eigenvalue weighted by Crippen LogP contribution is 2.55. The van der Waals surface area contributed by atoms with Gasteiger partial charge in [0.25, 0.3) is 5.56 Å². The van der Waals surface area contributed by atoms with Gasteiger partial charge in [0, 0.05) is 32.2 Å². The van der Waals surface area contributed by atoms with E-state index in [0.717, 1.165) is 18.7 Å². The van der Waals surface area contributed by atoms with Crippen LogP contribution in [-0.2, 0) is 11.8 Å². The molecule has 0 N–H and O–H groups in total. The smallest absolute Gasteiger partial charge is 0.287 e. The molecule has 1 aromatic heterocycles. The van der Waals surface area contributed by atoms with Crippen molar-refractivity contribution >= 4 is 17.3 Å². The lowest BCUT2D eigenvalue weighted by atomic mass is 9.54. The molecule has 2 aliphatic rings. The van der Waals surface area contributed by atoms with Crippen molar-refractivity contribution in [1.29, 1.82) is 0 Å². The summed E-state index contributed by atoms with van der Waals surface area (Å²) in [5.74, 6) is 0. The van der Waals surface area contributed by atoms with Gasteiger partial charge in [0.2, 0.25) is 0 Å².